The number of halogens is 1. The van der Waals surface area contributed by atoms with Gasteiger partial charge in [0.25, 0.3) is 0 Å². The van der Waals surface area contributed by atoms with Crippen molar-refractivity contribution in [2.75, 3.05) is 32.7 Å². The topological polar surface area (TPSA) is 71.0 Å². The number of ether oxygens (including phenoxy) is 2. The molecular formula is C14H19ClN2O4. The fourth-order valence-electron chi connectivity index (χ4n) is 2.44. The van der Waals surface area contributed by atoms with E-state index in [9.17, 15) is 9.90 Å². The number of methoxy groups -OCH3 is 2. The average Bonchev–Trinajstić information content (AvgIpc) is 2.96. The number of urea groups is 1. The number of aliphatic hydroxyl groups is 1. The molecule has 116 valence electrons. The fourth-order valence-corrected chi connectivity index (χ4v) is 2.68. The molecule has 0 spiro atoms. The van der Waals surface area contributed by atoms with Crippen molar-refractivity contribution in [3.05, 3.63) is 17.2 Å². The number of anilines is 1. The zero-order valence-corrected chi connectivity index (χ0v) is 12.8. The molecule has 1 aromatic rings. The van der Waals surface area contributed by atoms with Crippen molar-refractivity contribution in [1.29, 1.82) is 0 Å². The maximum absolute atomic E-state index is 12.3. The minimum Gasteiger partial charge on any atom is -0.495 e. The maximum Gasteiger partial charge on any atom is 0.322 e. The molecule has 0 bridgehead atoms. The summed E-state index contributed by atoms with van der Waals surface area (Å²) in [6.07, 6.45) is 1.70. The smallest absolute Gasteiger partial charge is 0.322 e. The Morgan fingerprint density at radius 1 is 1.43 bits per heavy atom. The Kier molecular flexibility index (Phi) is 5.14. The minimum absolute atomic E-state index is 0.0338. The number of carbonyl (C=O) groups is 1. The summed E-state index contributed by atoms with van der Waals surface area (Å²) >= 11 is 6.07. The van der Waals surface area contributed by atoms with Gasteiger partial charge in [0.05, 0.1) is 37.6 Å². The highest BCUT2D eigenvalue weighted by molar-refractivity contribution is 6.32. The van der Waals surface area contributed by atoms with Gasteiger partial charge in [0.2, 0.25) is 0 Å². The molecule has 0 aliphatic carbocycles. The summed E-state index contributed by atoms with van der Waals surface area (Å²) in [5.74, 6) is 0.935. The number of hydrogen-bond donors (Lipinski definition) is 2. The van der Waals surface area contributed by atoms with E-state index in [1.807, 2.05) is 0 Å². The van der Waals surface area contributed by atoms with Crippen molar-refractivity contribution in [3.8, 4) is 11.5 Å². The van der Waals surface area contributed by atoms with E-state index < -0.39 is 0 Å². The maximum atomic E-state index is 12.3. The molecule has 1 atom stereocenters. The molecule has 21 heavy (non-hydrogen) atoms. The van der Waals surface area contributed by atoms with Gasteiger partial charge in [0.1, 0.15) is 11.5 Å². The third-order valence-electron chi connectivity index (χ3n) is 3.56. The van der Waals surface area contributed by atoms with Gasteiger partial charge in [-0.25, -0.2) is 4.79 Å². The monoisotopic (exact) mass is 314 g/mol. The molecular weight excluding hydrogens is 296 g/mol. The molecule has 2 rings (SSSR count). The van der Waals surface area contributed by atoms with Gasteiger partial charge in [-0.3, -0.25) is 0 Å². The molecule has 6 nitrogen and oxygen atoms in total. The number of amides is 2. The van der Waals surface area contributed by atoms with E-state index in [4.69, 9.17) is 21.1 Å². The Morgan fingerprint density at radius 2 is 2.14 bits per heavy atom. The summed E-state index contributed by atoms with van der Waals surface area (Å²) < 4.78 is 10.4. The SMILES string of the molecule is COc1cc(OC)c(NC(=O)N2CCC[C@@H]2CO)cc1Cl. The van der Waals surface area contributed by atoms with Gasteiger partial charge in [-0.2, -0.15) is 0 Å². The normalized spacial score (nSPS) is 17.7. The zero-order chi connectivity index (χ0) is 15.4. The molecule has 1 fully saturated rings. The molecule has 7 heteroatoms. The van der Waals surface area contributed by atoms with E-state index >= 15 is 0 Å². The first-order chi connectivity index (χ1) is 10.1. The number of rotatable bonds is 4. The molecule has 0 aromatic heterocycles. The van der Waals surface area contributed by atoms with Crippen molar-refractivity contribution in [1.82, 2.24) is 4.90 Å². The molecule has 0 radical (unpaired) electrons. The summed E-state index contributed by atoms with van der Waals surface area (Å²) in [6, 6.07) is 2.79. The van der Waals surface area contributed by atoms with Crippen LogP contribution < -0.4 is 14.8 Å². The number of carbonyl (C=O) groups excluding carboxylic acids is 1. The predicted molar refractivity (Wildman–Crippen MR) is 80.4 cm³/mol. The number of aliphatic hydroxyl groups excluding tert-OH is 1. The fraction of sp³-hybridized carbons (Fsp3) is 0.500. The second-order valence-corrected chi connectivity index (χ2v) is 5.20. The van der Waals surface area contributed by atoms with Crippen molar-refractivity contribution in [2.45, 2.75) is 18.9 Å². The summed E-state index contributed by atoms with van der Waals surface area (Å²) in [6.45, 7) is 0.594. The Bertz CT molecular complexity index is 524. The highest BCUT2D eigenvalue weighted by atomic mass is 35.5. The number of likely N-dealkylation sites (tertiary alicyclic amines) is 1. The predicted octanol–water partition coefficient (Wildman–Crippen LogP) is 2.35. The van der Waals surface area contributed by atoms with E-state index in [2.05, 4.69) is 5.32 Å². The van der Waals surface area contributed by atoms with Crippen LogP contribution in [0.5, 0.6) is 11.5 Å². The van der Waals surface area contributed by atoms with Crippen LogP contribution in [0.1, 0.15) is 12.8 Å². The van der Waals surface area contributed by atoms with Crippen LogP contribution >= 0.6 is 11.6 Å². The molecule has 1 aromatic carbocycles. The lowest BCUT2D eigenvalue weighted by Crippen LogP contribution is -2.40. The minimum atomic E-state index is -0.272. The van der Waals surface area contributed by atoms with Crippen LogP contribution in [0.2, 0.25) is 5.02 Å². The Balaban J connectivity index is 2.18. The Hall–Kier alpha value is -1.66. The lowest BCUT2D eigenvalue weighted by molar-refractivity contribution is 0.166. The summed E-state index contributed by atoms with van der Waals surface area (Å²) in [5.41, 5.74) is 0.469. The van der Waals surface area contributed by atoms with Crippen molar-refractivity contribution < 1.29 is 19.4 Å². The molecule has 2 amide bonds. The first-order valence-corrected chi connectivity index (χ1v) is 7.08. The average molecular weight is 315 g/mol. The third-order valence-corrected chi connectivity index (χ3v) is 3.86. The summed E-state index contributed by atoms with van der Waals surface area (Å²) in [5, 5.41) is 12.4. The number of nitrogens with zero attached hydrogens (tertiary/aromatic N) is 1. The van der Waals surface area contributed by atoms with Gasteiger partial charge in [-0.1, -0.05) is 11.6 Å². The standard InChI is InChI=1S/C14H19ClN2O4/c1-20-12-7-13(21-2)11(6-10(12)15)16-14(19)17-5-3-4-9(17)8-18/h6-7,9,18H,3-5,8H2,1-2H3,(H,16,19)/t9-/m1/s1. The Morgan fingerprint density at radius 3 is 2.76 bits per heavy atom. The zero-order valence-electron chi connectivity index (χ0n) is 12.1. The van der Waals surface area contributed by atoms with Crippen LogP contribution in [0.3, 0.4) is 0 Å². The first kappa shape index (κ1) is 15.7. The Labute approximate surface area is 128 Å². The molecule has 1 heterocycles. The van der Waals surface area contributed by atoms with Crippen LogP contribution in [0.4, 0.5) is 10.5 Å². The molecule has 1 aliphatic heterocycles. The van der Waals surface area contributed by atoms with Crippen molar-refractivity contribution in [3.63, 3.8) is 0 Å². The van der Waals surface area contributed by atoms with Gasteiger partial charge in [0.15, 0.2) is 0 Å². The summed E-state index contributed by atoms with van der Waals surface area (Å²) in [4.78, 5) is 13.9. The lowest BCUT2D eigenvalue weighted by Gasteiger charge is -2.24. The first-order valence-electron chi connectivity index (χ1n) is 6.70. The lowest BCUT2D eigenvalue weighted by atomic mass is 10.2. The molecule has 1 aliphatic rings. The van der Waals surface area contributed by atoms with Crippen LogP contribution in [0, 0.1) is 0 Å². The van der Waals surface area contributed by atoms with Crippen LogP contribution in [-0.4, -0.2) is 49.5 Å². The van der Waals surface area contributed by atoms with Crippen molar-refractivity contribution >= 4 is 23.3 Å². The molecule has 0 saturated carbocycles. The molecule has 0 unspecified atom stereocenters. The summed E-state index contributed by atoms with van der Waals surface area (Å²) in [7, 11) is 3.01. The number of hydrogen-bond acceptors (Lipinski definition) is 4. The van der Waals surface area contributed by atoms with E-state index in [0.29, 0.717) is 28.8 Å². The largest absolute Gasteiger partial charge is 0.495 e. The second kappa shape index (κ2) is 6.87. The number of nitrogens with one attached hydrogen (secondary N) is 1. The van der Waals surface area contributed by atoms with Crippen LogP contribution in [-0.2, 0) is 0 Å². The highest BCUT2D eigenvalue weighted by Crippen LogP contribution is 2.36. The van der Waals surface area contributed by atoms with Crippen LogP contribution in [0.25, 0.3) is 0 Å². The molecule has 1 saturated heterocycles. The van der Waals surface area contributed by atoms with Gasteiger partial charge in [-0.15, -0.1) is 0 Å². The van der Waals surface area contributed by atoms with Crippen molar-refractivity contribution in [2.24, 2.45) is 0 Å². The van der Waals surface area contributed by atoms with Gasteiger partial charge >= 0.3 is 6.03 Å². The molecule has 2 N–H and O–H groups in total. The van der Waals surface area contributed by atoms with Gasteiger partial charge in [-0.05, 0) is 18.9 Å². The van der Waals surface area contributed by atoms with Gasteiger partial charge < -0.3 is 24.8 Å². The second-order valence-electron chi connectivity index (χ2n) is 4.79. The quantitative estimate of drug-likeness (QED) is 0.895. The number of benzene rings is 1. The van der Waals surface area contributed by atoms with E-state index in [-0.39, 0.29) is 18.7 Å². The van der Waals surface area contributed by atoms with E-state index in [1.165, 1.54) is 14.2 Å². The van der Waals surface area contributed by atoms with E-state index in [1.54, 1.807) is 17.0 Å². The van der Waals surface area contributed by atoms with E-state index in [0.717, 1.165) is 12.8 Å². The highest BCUT2D eigenvalue weighted by Gasteiger charge is 2.28. The van der Waals surface area contributed by atoms with Gasteiger partial charge in [0, 0.05) is 12.6 Å². The third kappa shape index (κ3) is 3.33. The van der Waals surface area contributed by atoms with Crippen LogP contribution in [0.15, 0.2) is 12.1 Å².